The number of amides is 1. The van der Waals surface area contributed by atoms with Gasteiger partial charge in [0.25, 0.3) is 5.91 Å². The number of aliphatic hydroxyl groups excluding tert-OH is 1. The summed E-state index contributed by atoms with van der Waals surface area (Å²) in [6.07, 6.45) is 8.81. The third-order valence-electron chi connectivity index (χ3n) is 4.51. The molecule has 0 bridgehead atoms. The molecule has 3 rings (SSSR count). The van der Waals surface area contributed by atoms with E-state index in [2.05, 4.69) is 9.88 Å². The summed E-state index contributed by atoms with van der Waals surface area (Å²) < 4.78 is 0. The smallest absolute Gasteiger partial charge is 0.255 e. The van der Waals surface area contributed by atoms with E-state index in [0.29, 0.717) is 18.2 Å². The van der Waals surface area contributed by atoms with E-state index in [1.165, 1.54) is 25.7 Å². The molecule has 1 aromatic rings. The molecule has 5 heteroatoms. The van der Waals surface area contributed by atoms with E-state index in [1.54, 1.807) is 11.1 Å². The van der Waals surface area contributed by atoms with Crippen LogP contribution in [-0.4, -0.2) is 53.2 Å². The minimum Gasteiger partial charge on any atom is -0.395 e. The fourth-order valence-corrected chi connectivity index (χ4v) is 3.11. The van der Waals surface area contributed by atoms with Gasteiger partial charge in [0.1, 0.15) is 5.82 Å². The maximum Gasteiger partial charge on any atom is 0.255 e. The van der Waals surface area contributed by atoms with Crippen molar-refractivity contribution in [1.82, 2.24) is 9.88 Å². The lowest BCUT2D eigenvalue weighted by Crippen LogP contribution is -2.35. The van der Waals surface area contributed by atoms with Crippen LogP contribution in [0.25, 0.3) is 0 Å². The summed E-state index contributed by atoms with van der Waals surface area (Å²) in [5, 5.41) is 9.13. The molecule has 1 aromatic heterocycles. The molecule has 0 spiro atoms. The Hall–Kier alpha value is -1.62. The van der Waals surface area contributed by atoms with Crippen LogP contribution in [0, 0.1) is 0 Å². The zero-order valence-electron chi connectivity index (χ0n) is 13.1. The molecule has 0 atom stereocenters. The Morgan fingerprint density at radius 1 is 1.23 bits per heavy atom. The second-order valence-corrected chi connectivity index (χ2v) is 6.26. The van der Waals surface area contributed by atoms with Crippen molar-refractivity contribution < 1.29 is 9.90 Å². The largest absolute Gasteiger partial charge is 0.395 e. The van der Waals surface area contributed by atoms with Crippen molar-refractivity contribution in [3.63, 3.8) is 0 Å². The van der Waals surface area contributed by atoms with Gasteiger partial charge in [-0.25, -0.2) is 4.98 Å². The van der Waals surface area contributed by atoms with Crippen molar-refractivity contribution in [3.05, 3.63) is 23.9 Å². The van der Waals surface area contributed by atoms with Gasteiger partial charge in [-0.2, -0.15) is 0 Å². The summed E-state index contributed by atoms with van der Waals surface area (Å²) >= 11 is 0. The highest BCUT2D eigenvalue weighted by Crippen LogP contribution is 2.28. The number of rotatable bonds is 5. The van der Waals surface area contributed by atoms with E-state index >= 15 is 0 Å². The highest BCUT2D eigenvalue weighted by molar-refractivity contribution is 5.94. The molecule has 1 saturated heterocycles. The number of hydrogen-bond donors (Lipinski definition) is 1. The van der Waals surface area contributed by atoms with Crippen molar-refractivity contribution in [2.24, 2.45) is 0 Å². The van der Waals surface area contributed by atoms with Crippen LogP contribution in [0.5, 0.6) is 0 Å². The summed E-state index contributed by atoms with van der Waals surface area (Å²) in [4.78, 5) is 21.1. The van der Waals surface area contributed by atoms with E-state index in [-0.39, 0.29) is 12.5 Å². The van der Waals surface area contributed by atoms with E-state index in [9.17, 15) is 4.79 Å². The Bertz CT molecular complexity index is 491. The number of anilines is 1. The van der Waals surface area contributed by atoms with Gasteiger partial charge >= 0.3 is 0 Å². The molecule has 1 aliphatic carbocycles. The molecule has 2 heterocycles. The van der Waals surface area contributed by atoms with Gasteiger partial charge in [0.2, 0.25) is 0 Å². The maximum absolute atomic E-state index is 12.5. The van der Waals surface area contributed by atoms with Crippen LogP contribution in [0.15, 0.2) is 18.3 Å². The molecular formula is C17H25N3O2. The standard InChI is InChI=1S/C17H25N3O2/c21-12-11-20(15-6-7-15)17(22)14-5-8-16(18-13-14)19-9-3-1-2-4-10-19/h5,8,13,15,21H,1-4,6-7,9-12H2. The molecule has 0 radical (unpaired) electrons. The molecule has 0 unspecified atom stereocenters. The number of nitrogens with zero attached hydrogens (tertiary/aromatic N) is 3. The van der Waals surface area contributed by atoms with E-state index in [1.807, 2.05) is 12.1 Å². The van der Waals surface area contributed by atoms with Gasteiger partial charge in [0.15, 0.2) is 0 Å². The first-order chi connectivity index (χ1) is 10.8. The second-order valence-electron chi connectivity index (χ2n) is 6.26. The maximum atomic E-state index is 12.5. The van der Waals surface area contributed by atoms with Gasteiger partial charge in [-0.1, -0.05) is 12.8 Å². The number of hydrogen-bond acceptors (Lipinski definition) is 4. The lowest BCUT2D eigenvalue weighted by Gasteiger charge is -2.23. The monoisotopic (exact) mass is 303 g/mol. The quantitative estimate of drug-likeness (QED) is 0.904. The fraction of sp³-hybridized carbons (Fsp3) is 0.647. The van der Waals surface area contributed by atoms with Crippen molar-refractivity contribution in [1.29, 1.82) is 0 Å². The summed E-state index contributed by atoms with van der Waals surface area (Å²) in [5.41, 5.74) is 0.624. The van der Waals surface area contributed by atoms with E-state index in [0.717, 1.165) is 31.7 Å². The topological polar surface area (TPSA) is 56.7 Å². The van der Waals surface area contributed by atoms with Crippen molar-refractivity contribution >= 4 is 11.7 Å². The van der Waals surface area contributed by atoms with Crippen LogP contribution in [0.3, 0.4) is 0 Å². The number of aromatic nitrogens is 1. The summed E-state index contributed by atoms with van der Waals surface area (Å²) in [6.45, 7) is 2.54. The second kappa shape index (κ2) is 7.09. The number of aliphatic hydroxyl groups is 1. The number of carbonyl (C=O) groups is 1. The van der Waals surface area contributed by atoms with Crippen LogP contribution < -0.4 is 4.90 Å². The molecule has 5 nitrogen and oxygen atoms in total. The van der Waals surface area contributed by atoms with Gasteiger partial charge in [-0.3, -0.25) is 4.79 Å². The normalized spacial score (nSPS) is 18.9. The molecule has 1 amide bonds. The van der Waals surface area contributed by atoms with Gasteiger partial charge in [-0.05, 0) is 37.8 Å². The van der Waals surface area contributed by atoms with Gasteiger partial charge in [0, 0.05) is 31.9 Å². The average Bonchev–Trinajstić information content (AvgIpc) is 3.38. The minimum absolute atomic E-state index is 0.00790. The van der Waals surface area contributed by atoms with Crippen molar-refractivity contribution in [2.45, 2.75) is 44.6 Å². The molecule has 1 saturated carbocycles. The molecule has 120 valence electrons. The summed E-state index contributed by atoms with van der Waals surface area (Å²) in [6, 6.07) is 4.15. The van der Waals surface area contributed by atoms with Gasteiger partial charge < -0.3 is 14.9 Å². The fourth-order valence-electron chi connectivity index (χ4n) is 3.11. The zero-order valence-corrected chi connectivity index (χ0v) is 13.1. The molecule has 1 aliphatic heterocycles. The Kier molecular flexibility index (Phi) is 4.93. The zero-order chi connectivity index (χ0) is 15.4. The predicted molar refractivity (Wildman–Crippen MR) is 86.1 cm³/mol. The molecule has 2 aliphatic rings. The highest BCUT2D eigenvalue weighted by atomic mass is 16.3. The first kappa shape index (κ1) is 15.3. The van der Waals surface area contributed by atoms with Crippen LogP contribution in [-0.2, 0) is 0 Å². The average molecular weight is 303 g/mol. The third-order valence-corrected chi connectivity index (χ3v) is 4.51. The van der Waals surface area contributed by atoms with E-state index in [4.69, 9.17) is 5.11 Å². The van der Waals surface area contributed by atoms with Crippen LogP contribution in [0.1, 0.15) is 48.9 Å². The Labute approximate surface area is 131 Å². The minimum atomic E-state index is -0.00790. The molecule has 22 heavy (non-hydrogen) atoms. The SMILES string of the molecule is O=C(c1ccc(N2CCCCCC2)nc1)N(CCO)C1CC1. The molecular weight excluding hydrogens is 278 g/mol. The Morgan fingerprint density at radius 2 is 1.95 bits per heavy atom. The number of carbonyl (C=O) groups excluding carboxylic acids is 1. The Balaban J connectivity index is 1.68. The lowest BCUT2D eigenvalue weighted by molar-refractivity contribution is 0.0707. The van der Waals surface area contributed by atoms with Crippen molar-refractivity contribution in [3.8, 4) is 0 Å². The van der Waals surface area contributed by atoms with Crippen LogP contribution in [0.2, 0.25) is 0 Å². The van der Waals surface area contributed by atoms with Crippen molar-refractivity contribution in [2.75, 3.05) is 31.1 Å². The van der Waals surface area contributed by atoms with Crippen LogP contribution in [0.4, 0.5) is 5.82 Å². The lowest BCUT2D eigenvalue weighted by atomic mass is 10.2. The first-order valence-electron chi connectivity index (χ1n) is 8.42. The first-order valence-corrected chi connectivity index (χ1v) is 8.42. The number of pyridine rings is 1. The van der Waals surface area contributed by atoms with E-state index < -0.39 is 0 Å². The van der Waals surface area contributed by atoms with Crippen LogP contribution >= 0.6 is 0 Å². The molecule has 1 N–H and O–H groups in total. The predicted octanol–water partition coefficient (Wildman–Crippen LogP) is 2.06. The summed E-state index contributed by atoms with van der Waals surface area (Å²) in [7, 11) is 0. The van der Waals surface area contributed by atoms with Gasteiger partial charge in [0.05, 0.1) is 12.2 Å². The Morgan fingerprint density at radius 3 is 2.50 bits per heavy atom. The van der Waals surface area contributed by atoms with Gasteiger partial charge in [-0.15, -0.1) is 0 Å². The highest BCUT2D eigenvalue weighted by Gasteiger charge is 2.32. The third kappa shape index (κ3) is 3.58. The summed E-state index contributed by atoms with van der Waals surface area (Å²) in [5.74, 6) is 0.963. The molecule has 2 fully saturated rings. The molecule has 0 aromatic carbocycles.